The lowest BCUT2D eigenvalue weighted by atomic mass is 9.83. The Morgan fingerprint density at radius 2 is 1.65 bits per heavy atom. The number of amides is 2. The highest BCUT2D eigenvalue weighted by Crippen LogP contribution is 2.44. The molecule has 2 aromatic rings. The highest BCUT2D eigenvalue weighted by atomic mass is 16.5. The molecule has 0 aliphatic heterocycles. The zero-order valence-corrected chi connectivity index (χ0v) is 18.9. The third kappa shape index (κ3) is 4.91. The molecule has 2 amide bonds. The van der Waals surface area contributed by atoms with Gasteiger partial charge in [-0.15, -0.1) is 6.42 Å². The van der Waals surface area contributed by atoms with Crippen LogP contribution in [0.3, 0.4) is 0 Å². The first-order valence-electron chi connectivity index (χ1n) is 11.5. The van der Waals surface area contributed by atoms with Crippen LogP contribution < -0.4 is 5.32 Å². The van der Waals surface area contributed by atoms with Crippen molar-refractivity contribution >= 4 is 18.0 Å². The molecule has 0 aromatic heterocycles. The molecule has 34 heavy (non-hydrogen) atoms. The summed E-state index contributed by atoms with van der Waals surface area (Å²) < 4.78 is 5.64. The molecule has 0 heterocycles. The van der Waals surface area contributed by atoms with Crippen molar-refractivity contribution in [1.82, 2.24) is 10.2 Å². The Kier molecular flexibility index (Phi) is 7.17. The largest absolute Gasteiger partial charge is 0.480 e. The molecule has 0 spiro atoms. The highest BCUT2D eigenvalue weighted by Gasteiger charge is 2.36. The van der Waals surface area contributed by atoms with E-state index in [2.05, 4.69) is 35.5 Å². The molecule has 2 aliphatic rings. The Morgan fingerprint density at radius 3 is 2.26 bits per heavy atom. The number of ether oxygens (including phenoxy) is 1. The molecule has 176 valence electrons. The Bertz CT molecular complexity index is 1080. The summed E-state index contributed by atoms with van der Waals surface area (Å²) >= 11 is 0. The summed E-state index contributed by atoms with van der Waals surface area (Å²) in [7, 11) is 0. The van der Waals surface area contributed by atoms with E-state index in [1.165, 1.54) is 0 Å². The van der Waals surface area contributed by atoms with Gasteiger partial charge >= 0.3 is 12.1 Å². The topological polar surface area (TPSA) is 95.9 Å². The van der Waals surface area contributed by atoms with Crippen LogP contribution in [0.25, 0.3) is 11.1 Å². The molecule has 1 fully saturated rings. The van der Waals surface area contributed by atoms with Crippen LogP contribution in [0.2, 0.25) is 0 Å². The van der Waals surface area contributed by atoms with Crippen molar-refractivity contribution < 1.29 is 24.2 Å². The summed E-state index contributed by atoms with van der Waals surface area (Å²) in [5.41, 5.74) is 4.55. The van der Waals surface area contributed by atoms with E-state index < -0.39 is 30.6 Å². The first-order valence-corrected chi connectivity index (χ1v) is 11.5. The first-order chi connectivity index (χ1) is 16.5. The van der Waals surface area contributed by atoms with Gasteiger partial charge < -0.3 is 20.1 Å². The van der Waals surface area contributed by atoms with Crippen LogP contribution in [0.1, 0.15) is 42.7 Å². The van der Waals surface area contributed by atoms with Gasteiger partial charge in [-0.1, -0.05) is 67.3 Å². The zero-order valence-electron chi connectivity index (χ0n) is 18.9. The highest BCUT2D eigenvalue weighted by molar-refractivity contribution is 5.84. The van der Waals surface area contributed by atoms with Crippen LogP contribution in [0.15, 0.2) is 48.5 Å². The van der Waals surface area contributed by atoms with Gasteiger partial charge in [-0.05, 0) is 35.1 Å². The smallest absolute Gasteiger partial charge is 0.407 e. The van der Waals surface area contributed by atoms with Crippen molar-refractivity contribution in [2.75, 3.05) is 19.7 Å². The number of aliphatic carboxylic acids is 1. The number of hydrogen-bond acceptors (Lipinski definition) is 4. The van der Waals surface area contributed by atoms with Gasteiger partial charge in [0.1, 0.15) is 13.2 Å². The number of alkyl carbamates (subject to hydrolysis) is 1. The van der Waals surface area contributed by atoms with E-state index in [1.807, 2.05) is 24.3 Å². The summed E-state index contributed by atoms with van der Waals surface area (Å²) in [4.78, 5) is 38.1. The number of nitrogens with zero attached hydrogens (tertiary/aromatic N) is 1. The molecule has 7 heteroatoms. The Balaban J connectivity index is 1.42. The Labute approximate surface area is 199 Å². The average Bonchev–Trinajstić information content (AvgIpc) is 3.16. The maximum absolute atomic E-state index is 13.0. The molecule has 0 bridgehead atoms. The standard InChI is InChI=1S/C27H28N2O5/c1-2-15-29(16-25(30)31)26(32)22-13-7-8-14-24(22)28-27(33)34-17-23-20-11-5-3-9-18(20)19-10-4-6-12-21(19)23/h1,3-6,9-12,22-24H,7-8,13-17H2,(H,28,33)(H,30,31). The number of carboxylic acids is 1. The van der Waals surface area contributed by atoms with E-state index in [-0.39, 0.29) is 25.0 Å². The van der Waals surface area contributed by atoms with Crippen molar-refractivity contribution in [3.05, 3.63) is 59.7 Å². The second-order valence-corrected chi connectivity index (χ2v) is 8.76. The number of fused-ring (bicyclic) bond motifs is 3. The fraction of sp³-hybridized carbons (Fsp3) is 0.370. The quantitative estimate of drug-likeness (QED) is 0.615. The van der Waals surface area contributed by atoms with Gasteiger partial charge in [-0.3, -0.25) is 9.59 Å². The minimum Gasteiger partial charge on any atom is -0.480 e. The minimum absolute atomic E-state index is 0.0522. The van der Waals surface area contributed by atoms with Crippen LogP contribution in [-0.2, 0) is 14.3 Å². The second-order valence-electron chi connectivity index (χ2n) is 8.76. The Hall–Kier alpha value is -3.79. The van der Waals surface area contributed by atoms with Crippen molar-refractivity contribution in [1.29, 1.82) is 0 Å². The second kappa shape index (κ2) is 10.4. The molecule has 0 radical (unpaired) electrons. The number of hydrogen-bond donors (Lipinski definition) is 2. The van der Waals surface area contributed by atoms with Crippen LogP contribution in [0.5, 0.6) is 0 Å². The van der Waals surface area contributed by atoms with E-state index in [0.29, 0.717) is 12.8 Å². The normalized spacial score (nSPS) is 18.8. The number of rotatable bonds is 7. The first kappa shape index (κ1) is 23.4. The average molecular weight is 461 g/mol. The fourth-order valence-electron chi connectivity index (χ4n) is 5.11. The third-order valence-corrected chi connectivity index (χ3v) is 6.65. The number of terminal acetylenes is 1. The molecule has 0 saturated heterocycles. The van der Waals surface area contributed by atoms with Crippen LogP contribution in [0, 0.1) is 18.3 Å². The van der Waals surface area contributed by atoms with E-state index in [9.17, 15) is 14.4 Å². The van der Waals surface area contributed by atoms with Gasteiger partial charge in [0, 0.05) is 12.0 Å². The number of benzene rings is 2. The molecule has 2 unspecified atom stereocenters. The molecule has 2 atom stereocenters. The van der Waals surface area contributed by atoms with Crippen molar-refractivity contribution in [3.63, 3.8) is 0 Å². The number of carboxylic acid groups (broad SMARTS) is 1. The van der Waals surface area contributed by atoms with E-state index >= 15 is 0 Å². The van der Waals surface area contributed by atoms with Gasteiger partial charge in [0.15, 0.2) is 0 Å². The molecule has 4 rings (SSSR count). The fourth-order valence-corrected chi connectivity index (χ4v) is 5.11. The van der Waals surface area contributed by atoms with Crippen molar-refractivity contribution in [2.24, 2.45) is 5.92 Å². The molecule has 1 saturated carbocycles. The van der Waals surface area contributed by atoms with Gasteiger partial charge in [0.05, 0.1) is 12.5 Å². The van der Waals surface area contributed by atoms with Crippen LogP contribution >= 0.6 is 0 Å². The minimum atomic E-state index is -1.12. The van der Waals surface area contributed by atoms with E-state index in [0.717, 1.165) is 40.0 Å². The molecular weight excluding hydrogens is 432 g/mol. The summed E-state index contributed by atoms with van der Waals surface area (Å²) in [5.74, 6) is 0.300. The molecule has 7 nitrogen and oxygen atoms in total. The number of carbonyl (C=O) groups is 3. The SMILES string of the molecule is C#CCN(CC(=O)O)C(=O)C1CCCCC1NC(=O)OCC1c2ccccc2-c2ccccc21. The molecule has 2 N–H and O–H groups in total. The monoisotopic (exact) mass is 460 g/mol. The maximum atomic E-state index is 13.0. The summed E-state index contributed by atoms with van der Waals surface area (Å²) in [5, 5.41) is 12.0. The van der Waals surface area contributed by atoms with E-state index in [4.69, 9.17) is 16.3 Å². The molecule has 2 aromatic carbocycles. The van der Waals surface area contributed by atoms with Crippen LogP contribution in [-0.4, -0.2) is 53.7 Å². The van der Waals surface area contributed by atoms with Crippen molar-refractivity contribution in [2.45, 2.75) is 37.6 Å². The molecule has 2 aliphatic carbocycles. The number of nitrogens with one attached hydrogen (secondary N) is 1. The summed E-state index contributed by atoms with van der Waals surface area (Å²) in [6.45, 7) is -0.357. The molecular formula is C27H28N2O5. The van der Waals surface area contributed by atoms with Crippen LogP contribution in [0.4, 0.5) is 4.79 Å². The predicted octanol–water partition coefficient (Wildman–Crippen LogP) is 3.63. The summed E-state index contributed by atoms with van der Waals surface area (Å²) in [6.07, 6.45) is 7.64. The van der Waals surface area contributed by atoms with Gasteiger partial charge in [0.25, 0.3) is 0 Å². The lowest BCUT2D eigenvalue weighted by Crippen LogP contribution is -2.50. The predicted molar refractivity (Wildman–Crippen MR) is 127 cm³/mol. The maximum Gasteiger partial charge on any atom is 0.407 e. The zero-order chi connectivity index (χ0) is 24.1. The van der Waals surface area contributed by atoms with Gasteiger partial charge in [-0.2, -0.15) is 0 Å². The summed E-state index contributed by atoms with van der Waals surface area (Å²) in [6, 6.07) is 15.8. The Morgan fingerprint density at radius 1 is 1.03 bits per heavy atom. The lowest BCUT2D eigenvalue weighted by Gasteiger charge is -2.34. The van der Waals surface area contributed by atoms with Gasteiger partial charge in [0.2, 0.25) is 5.91 Å². The lowest BCUT2D eigenvalue weighted by molar-refractivity contribution is -0.146. The van der Waals surface area contributed by atoms with Gasteiger partial charge in [-0.25, -0.2) is 4.79 Å². The number of carbonyl (C=O) groups excluding carboxylic acids is 2. The van der Waals surface area contributed by atoms with Crippen molar-refractivity contribution in [3.8, 4) is 23.5 Å². The third-order valence-electron chi connectivity index (χ3n) is 6.65. The van der Waals surface area contributed by atoms with E-state index in [1.54, 1.807) is 0 Å².